The van der Waals surface area contributed by atoms with Gasteiger partial charge in [-0.3, -0.25) is 9.69 Å². The van der Waals surface area contributed by atoms with Gasteiger partial charge in [0.1, 0.15) is 0 Å². The van der Waals surface area contributed by atoms with E-state index in [1.54, 1.807) is 12.1 Å². The molecule has 4 saturated carbocycles. The Morgan fingerprint density at radius 1 is 0.889 bits per heavy atom. The topological polar surface area (TPSA) is 72.9 Å². The van der Waals surface area contributed by atoms with Gasteiger partial charge in [0.2, 0.25) is 5.91 Å². The van der Waals surface area contributed by atoms with Crippen LogP contribution < -0.4 is 5.32 Å². The number of allylic oxidation sites excluding steroid dienone is 3. The van der Waals surface area contributed by atoms with Gasteiger partial charge in [-0.2, -0.15) is 0 Å². The monoisotopic (exact) mass is 740 g/mol. The molecule has 0 aromatic heterocycles. The molecule has 6 nitrogen and oxygen atoms in total. The van der Waals surface area contributed by atoms with Crippen LogP contribution in [0.25, 0.3) is 5.57 Å². The molecule has 6 heteroatoms. The third-order valence-electron chi connectivity index (χ3n) is 17.6. The highest BCUT2D eigenvalue weighted by Crippen LogP contribution is 2.77. The van der Waals surface area contributed by atoms with Gasteiger partial charge in [0.05, 0.1) is 5.56 Å². The second-order valence-corrected chi connectivity index (χ2v) is 21.0. The Bertz CT molecular complexity index is 1620. The first-order chi connectivity index (χ1) is 25.5. The van der Waals surface area contributed by atoms with Crippen molar-refractivity contribution in [1.29, 1.82) is 0 Å². The fraction of sp³-hybridized carbons (Fsp3) is 0.750. The fourth-order valence-corrected chi connectivity index (χ4v) is 14.8. The minimum Gasteiger partial charge on any atom is -0.478 e. The van der Waals surface area contributed by atoms with Crippen molar-refractivity contribution in [2.75, 3.05) is 45.8 Å². The van der Waals surface area contributed by atoms with Crippen LogP contribution >= 0.6 is 0 Å². The Kier molecular flexibility index (Phi) is 10.7. The number of piperazine rings is 1. The van der Waals surface area contributed by atoms with Crippen LogP contribution in [-0.4, -0.2) is 72.6 Å². The van der Waals surface area contributed by atoms with E-state index < -0.39 is 5.97 Å². The van der Waals surface area contributed by atoms with Gasteiger partial charge in [-0.05, 0) is 151 Å². The van der Waals surface area contributed by atoms with E-state index in [2.05, 4.69) is 83.2 Å². The van der Waals surface area contributed by atoms with Crippen molar-refractivity contribution in [3.8, 4) is 0 Å². The maximum Gasteiger partial charge on any atom is 0.335 e. The molecule has 0 spiro atoms. The average molecular weight is 740 g/mol. The van der Waals surface area contributed by atoms with Crippen molar-refractivity contribution in [3.63, 3.8) is 0 Å². The Hall–Kier alpha value is -2.44. The first kappa shape index (κ1) is 39.8. The molecular formula is C48H73N3O3. The molecule has 1 heterocycles. The minimum absolute atomic E-state index is 0.0273. The number of fused-ring (bicyclic) bond motifs is 7. The number of hydrogen-bond donors (Lipinski definition) is 2. The number of carboxylic acids is 1. The lowest BCUT2D eigenvalue weighted by molar-refractivity contribution is -0.225. The number of aromatic carboxylic acids is 1. The Morgan fingerprint density at radius 3 is 2.24 bits per heavy atom. The van der Waals surface area contributed by atoms with Crippen LogP contribution in [0.2, 0.25) is 0 Å². The van der Waals surface area contributed by atoms with E-state index in [0.717, 1.165) is 58.2 Å². The molecule has 1 saturated heterocycles. The molecule has 0 radical (unpaired) electrons. The third-order valence-corrected chi connectivity index (χ3v) is 17.6. The molecule has 54 heavy (non-hydrogen) atoms. The van der Waals surface area contributed by atoms with Crippen LogP contribution in [0.5, 0.6) is 0 Å². The zero-order valence-corrected chi connectivity index (χ0v) is 35.2. The van der Waals surface area contributed by atoms with Gasteiger partial charge in [0, 0.05) is 52.2 Å². The summed E-state index contributed by atoms with van der Waals surface area (Å²) in [4.78, 5) is 28.8. The van der Waals surface area contributed by atoms with E-state index in [0.29, 0.717) is 63.7 Å². The van der Waals surface area contributed by atoms with Gasteiger partial charge < -0.3 is 15.3 Å². The highest BCUT2D eigenvalue weighted by molar-refractivity contribution is 5.88. The summed E-state index contributed by atoms with van der Waals surface area (Å²) in [6.07, 6.45) is 14.9. The lowest BCUT2D eigenvalue weighted by Gasteiger charge is -2.72. The smallest absolute Gasteiger partial charge is 0.335 e. The summed E-state index contributed by atoms with van der Waals surface area (Å²) in [7, 11) is 0. The Balaban J connectivity index is 1.06. The molecule has 0 bridgehead atoms. The van der Waals surface area contributed by atoms with E-state index in [-0.39, 0.29) is 10.8 Å². The number of carbonyl (C=O) groups is 2. The second kappa shape index (κ2) is 14.5. The number of rotatable bonds is 10. The maximum absolute atomic E-state index is 12.6. The molecule has 0 unspecified atom stereocenters. The van der Waals surface area contributed by atoms with Crippen LogP contribution in [0.3, 0.4) is 0 Å². The van der Waals surface area contributed by atoms with Gasteiger partial charge >= 0.3 is 5.97 Å². The van der Waals surface area contributed by atoms with Gasteiger partial charge in [0.25, 0.3) is 0 Å². The summed E-state index contributed by atoms with van der Waals surface area (Å²) in [6.45, 7) is 31.3. The van der Waals surface area contributed by atoms with Crippen molar-refractivity contribution >= 4 is 17.4 Å². The summed E-state index contributed by atoms with van der Waals surface area (Å²) >= 11 is 0. The highest BCUT2D eigenvalue weighted by Gasteiger charge is 2.70. The van der Waals surface area contributed by atoms with Crippen LogP contribution in [0, 0.1) is 62.6 Å². The average Bonchev–Trinajstić information content (AvgIpc) is 3.50. The van der Waals surface area contributed by atoms with E-state index in [1.165, 1.54) is 68.1 Å². The van der Waals surface area contributed by atoms with Gasteiger partial charge in [-0.25, -0.2) is 4.79 Å². The molecule has 1 aromatic rings. The van der Waals surface area contributed by atoms with Crippen LogP contribution in [0.1, 0.15) is 136 Å². The number of carbonyl (C=O) groups excluding carboxylic acids is 1. The molecule has 6 aliphatic rings. The third kappa shape index (κ3) is 6.45. The predicted octanol–water partition coefficient (Wildman–Crippen LogP) is 9.82. The van der Waals surface area contributed by atoms with Crippen LogP contribution in [-0.2, 0) is 4.79 Å². The summed E-state index contributed by atoms with van der Waals surface area (Å²) in [5.41, 5.74) is 5.66. The standard InChI is InChI=1S/C48H73N3O3/c1-32(2)30-41(52)51-28-26-50(27-29-51)25-24-49-31-48-21-16-36(33(3)4)42(48)38-14-15-40-45(7)19-17-37(34-10-12-35(13-11-34)43(53)54)44(5,6)39(45)18-20-47(40,9)46(38,8)22-23-48/h10-13,17,32,36,38-40,42,49H,3,14-16,18-31H2,1-2,4-9H3,(H,53,54)/t36-,38+,39-,40+,42+,45-,46+,47+,48+/m0/s1. The molecule has 1 aromatic carbocycles. The maximum atomic E-state index is 12.6. The van der Waals surface area contributed by atoms with Gasteiger partial charge in [-0.15, -0.1) is 0 Å². The normalized spacial score (nSPS) is 38.9. The van der Waals surface area contributed by atoms with Gasteiger partial charge in [0.15, 0.2) is 0 Å². The fourth-order valence-electron chi connectivity index (χ4n) is 14.8. The molecule has 5 aliphatic carbocycles. The summed E-state index contributed by atoms with van der Waals surface area (Å²) in [6, 6.07) is 7.65. The number of carboxylic acid groups (broad SMARTS) is 1. The van der Waals surface area contributed by atoms with Gasteiger partial charge in [-0.1, -0.05) is 78.8 Å². The summed E-state index contributed by atoms with van der Waals surface area (Å²) in [5, 5.41) is 13.6. The SMILES string of the molecule is C=C(C)[C@@H]1CC[C@]2(CNCCN3CCN(C(=O)CC(C)C)CC3)CC[C@]3(C)[C@H](CC[C@@H]4[C@@]5(C)CC=C(c6ccc(C(=O)O)cc6)C(C)(C)[C@@H]5CC[C@]43C)[C@@H]12. The number of hydrogen-bond acceptors (Lipinski definition) is 4. The predicted molar refractivity (Wildman–Crippen MR) is 221 cm³/mol. The van der Waals surface area contributed by atoms with Crippen molar-refractivity contribution in [3.05, 3.63) is 53.6 Å². The number of benzene rings is 1. The largest absolute Gasteiger partial charge is 0.478 e. The van der Waals surface area contributed by atoms with Crippen LogP contribution in [0.4, 0.5) is 0 Å². The Labute approximate surface area is 328 Å². The van der Waals surface area contributed by atoms with E-state index in [4.69, 9.17) is 0 Å². The van der Waals surface area contributed by atoms with Crippen molar-refractivity contribution in [1.82, 2.24) is 15.1 Å². The van der Waals surface area contributed by atoms with Crippen LogP contribution in [0.15, 0.2) is 42.5 Å². The highest BCUT2D eigenvalue weighted by atomic mass is 16.4. The molecule has 1 aliphatic heterocycles. The molecule has 2 N–H and O–H groups in total. The number of nitrogens with zero attached hydrogens (tertiary/aromatic N) is 2. The van der Waals surface area contributed by atoms with Crippen molar-refractivity contribution in [2.24, 2.45) is 62.6 Å². The van der Waals surface area contributed by atoms with E-state index in [1.807, 2.05) is 12.1 Å². The summed E-state index contributed by atoms with van der Waals surface area (Å²) in [5.74, 6) is 3.28. The molecule has 1 amide bonds. The zero-order chi connectivity index (χ0) is 38.8. The second-order valence-electron chi connectivity index (χ2n) is 21.0. The lowest BCUT2D eigenvalue weighted by Crippen LogP contribution is -2.66. The molecule has 7 rings (SSSR count). The zero-order valence-electron chi connectivity index (χ0n) is 35.2. The lowest BCUT2D eigenvalue weighted by atomic mass is 9.32. The van der Waals surface area contributed by atoms with E-state index in [9.17, 15) is 14.7 Å². The minimum atomic E-state index is -0.859. The van der Waals surface area contributed by atoms with Crippen molar-refractivity contribution < 1.29 is 14.7 Å². The Morgan fingerprint density at radius 2 is 1.59 bits per heavy atom. The first-order valence-electron chi connectivity index (χ1n) is 21.9. The molecule has 298 valence electrons. The van der Waals surface area contributed by atoms with E-state index >= 15 is 0 Å². The molecular weight excluding hydrogens is 667 g/mol. The number of nitrogens with one attached hydrogen (secondary N) is 1. The van der Waals surface area contributed by atoms with Crippen molar-refractivity contribution in [2.45, 2.75) is 120 Å². The quantitative estimate of drug-likeness (QED) is 0.185. The summed E-state index contributed by atoms with van der Waals surface area (Å²) < 4.78 is 0. The molecule has 9 atom stereocenters. The number of amides is 1. The molecule has 5 fully saturated rings. The first-order valence-corrected chi connectivity index (χ1v) is 21.9.